The number of rotatable bonds is 2. The lowest BCUT2D eigenvalue weighted by molar-refractivity contribution is -0.128. The van der Waals surface area contributed by atoms with Crippen molar-refractivity contribution in [1.29, 1.82) is 0 Å². The highest BCUT2D eigenvalue weighted by Gasteiger charge is 2.40. The Morgan fingerprint density at radius 2 is 2.19 bits per heavy atom. The zero-order valence-electron chi connectivity index (χ0n) is 12.4. The van der Waals surface area contributed by atoms with Gasteiger partial charge >= 0.3 is 0 Å². The first kappa shape index (κ1) is 13.7. The van der Waals surface area contributed by atoms with E-state index in [2.05, 4.69) is 15.2 Å². The number of carbonyl (C=O) groups is 1. The maximum Gasteiger partial charge on any atom is 0.227 e. The van der Waals surface area contributed by atoms with Gasteiger partial charge in [-0.15, -0.1) is 0 Å². The van der Waals surface area contributed by atoms with Crippen molar-refractivity contribution in [1.82, 2.24) is 10.3 Å². The van der Waals surface area contributed by atoms with Crippen molar-refractivity contribution >= 4 is 28.2 Å². The third-order valence-corrected chi connectivity index (χ3v) is 4.34. The van der Waals surface area contributed by atoms with Crippen molar-refractivity contribution in [2.75, 3.05) is 30.8 Å². The van der Waals surface area contributed by atoms with E-state index in [0.29, 0.717) is 12.2 Å². The van der Waals surface area contributed by atoms with Crippen molar-refractivity contribution in [2.24, 2.45) is 5.41 Å². The minimum absolute atomic E-state index is 0.0851. The molecule has 1 aromatic heterocycles. The van der Waals surface area contributed by atoms with Gasteiger partial charge in [0.05, 0.1) is 28.5 Å². The lowest BCUT2D eigenvalue weighted by Crippen LogP contribution is -2.39. The van der Waals surface area contributed by atoms with Crippen LogP contribution in [0.2, 0.25) is 0 Å². The Morgan fingerprint density at radius 1 is 1.43 bits per heavy atom. The standard InChI is InChI=1S/C16H20N4O/c1-16(15(21)18-2)7-8-20(10-16)14-11-5-3-4-6-13(11)19-9-12(14)17/h3-6,9H,7-8,10,17H2,1-2H3,(H,18,21). The predicted molar refractivity (Wildman–Crippen MR) is 85.2 cm³/mol. The first-order chi connectivity index (χ1) is 10.0. The Kier molecular flexibility index (Phi) is 3.20. The number of hydrogen-bond donors (Lipinski definition) is 2. The number of fused-ring (bicyclic) bond motifs is 1. The number of nitrogens with zero attached hydrogens (tertiary/aromatic N) is 2. The van der Waals surface area contributed by atoms with Gasteiger partial charge in [-0.3, -0.25) is 9.78 Å². The molecule has 0 spiro atoms. The second kappa shape index (κ2) is 4.91. The van der Waals surface area contributed by atoms with Gasteiger partial charge in [0.2, 0.25) is 5.91 Å². The summed E-state index contributed by atoms with van der Waals surface area (Å²) >= 11 is 0. The van der Waals surface area contributed by atoms with E-state index in [1.54, 1.807) is 13.2 Å². The van der Waals surface area contributed by atoms with Crippen LogP contribution in [-0.2, 0) is 4.79 Å². The SMILES string of the molecule is CNC(=O)C1(C)CCN(c2c(N)cnc3ccccc23)C1. The van der Waals surface area contributed by atoms with E-state index in [9.17, 15) is 4.79 Å². The topological polar surface area (TPSA) is 71.2 Å². The molecule has 1 amide bonds. The molecule has 1 atom stereocenters. The second-order valence-corrected chi connectivity index (χ2v) is 5.89. The summed E-state index contributed by atoms with van der Waals surface area (Å²) in [6.07, 6.45) is 2.52. The molecule has 5 nitrogen and oxygen atoms in total. The molecule has 110 valence electrons. The fourth-order valence-corrected chi connectivity index (χ4v) is 3.13. The zero-order valence-corrected chi connectivity index (χ0v) is 12.4. The van der Waals surface area contributed by atoms with E-state index >= 15 is 0 Å². The van der Waals surface area contributed by atoms with Crippen LogP contribution in [0, 0.1) is 5.41 Å². The Hall–Kier alpha value is -2.30. The van der Waals surface area contributed by atoms with Crippen LogP contribution in [0.15, 0.2) is 30.5 Å². The van der Waals surface area contributed by atoms with Crippen molar-refractivity contribution in [3.63, 3.8) is 0 Å². The molecule has 3 N–H and O–H groups in total. The highest BCUT2D eigenvalue weighted by atomic mass is 16.2. The van der Waals surface area contributed by atoms with E-state index in [0.717, 1.165) is 29.6 Å². The summed E-state index contributed by atoms with van der Waals surface area (Å²) in [5, 5.41) is 3.80. The van der Waals surface area contributed by atoms with E-state index in [-0.39, 0.29) is 11.3 Å². The van der Waals surface area contributed by atoms with Gasteiger partial charge in [0, 0.05) is 25.5 Å². The van der Waals surface area contributed by atoms with Crippen molar-refractivity contribution in [3.05, 3.63) is 30.5 Å². The van der Waals surface area contributed by atoms with Gasteiger partial charge in [-0.2, -0.15) is 0 Å². The quantitative estimate of drug-likeness (QED) is 0.882. The van der Waals surface area contributed by atoms with E-state index in [1.165, 1.54) is 0 Å². The predicted octanol–water partition coefficient (Wildman–Crippen LogP) is 1.78. The fourth-order valence-electron chi connectivity index (χ4n) is 3.13. The number of pyridine rings is 1. The molecule has 0 saturated carbocycles. The van der Waals surface area contributed by atoms with Crippen LogP contribution in [0.5, 0.6) is 0 Å². The largest absolute Gasteiger partial charge is 0.396 e. The molecule has 2 aromatic rings. The van der Waals surface area contributed by atoms with Gasteiger partial charge in [0.15, 0.2) is 0 Å². The Labute approximate surface area is 124 Å². The van der Waals surface area contributed by atoms with E-state index in [4.69, 9.17) is 5.73 Å². The van der Waals surface area contributed by atoms with Crippen molar-refractivity contribution in [3.8, 4) is 0 Å². The molecule has 21 heavy (non-hydrogen) atoms. The molecule has 0 radical (unpaired) electrons. The normalized spacial score (nSPS) is 21.7. The summed E-state index contributed by atoms with van der Waals surface area (Å²) in [5.41, 5.74) is 8.37. The molecule has 3 rings (SSSR count). The molecule has 1 saturated heterocycles. The number of amides is 1. The maximum atomic E-state index is 12.1. The third-order valence-electron chi connectivity index (χ3n) is 4.34. The number of aromatic nitrogens is 1. The molecule has 1 fully saturated rings. The zero-order chi connectivity index (χ0) is 15.0. The lowest BCUT2D eigenvalue weighted by Gasteiger charge is -2.25. The number of para-hydroxylation sites is 1. The van der Waals surface area contributed by atoms with Crippen molar-refractivity contribution < 1.29 is 4.79 Å². The summed E-state index contributed by atoms with van der Waals surface area (Å²) in [4.78, 5) is 18.7. The highest BCUT2D eigenvalue weighted by molar-refractivity contribution is 5.98. The summed E-state index contributed by atoms with van der Waals surface area (Å²) in [6.45, 7) is 3.50. The monoisotopic (exact) mass is 284 g/mol. The first-order valence-electron chi connectivity index (χ1n) is 7.15. The van der Waals surface area contributed by atoms with Crippen LogP contribution in [-0.4, -0.2) is 31.0 Å². The number of nitrogens with two attached hydrogens (primary N) is 1. The molecule has 5 heteroatoms. The van der Waals surface area contributed by atoms with Crippen LogP contribution < -0.4 is 16.0 Å². The van der Waals surface area contributed by atoms with Crippen LogP contribution in [0.3, 0.4) is 0 Å². The van der Waals surface area contributed by atoms with Gasteiger partial charge in [-0.25, -0.2) is 0 Å². The smallest absolute Gasteiger partial charge is 0.227 e. The summed E-state index contributed by atoms with van der Waals surface area (Å²) in [6, 6.07) is 7.96. The number of nitrogen functional groups attached to an aromatic ring is 1. The molecule has 1 aliphatic rings. The average Bonchev–Trinajstić information content (AvgIpc) is 2.89. The lowest BCUT2D eigenvalue weighted by atomic mass is 9.89. The number of nitrogens with one attached hydrogen (secondary N) is 1. The second-order valence-electron chi connectivity index (χ2n) is 5.89. The minimum Gasteiger partial charge on any atom is -0.396 e. The van der Waals surface area contributed by atoms with Crippen LogP contribution in [0.1, 0.15) is 13.3 Å². The van der Waals surface area contributed by atoms with Gasteiger partial charge in [-0.05, 0) is 19.4 Å². The Balaban J connectivity index is 2.03. The fraction of sp³-hybridized carbons (Fsp3) is 0.375. The highest BCUT2D eigenvalue weighted by Crippen LogP contribution is 2.39. The van der Waals surface area contributed by atoms with Crippen LogP contribution in [0.25, 0.3) is 10.9 Å². The number of benzene rings is 1. The summed E-state index contributed by atoms with van der Waals surface area (Å²) < 4.78 is 0. The molecule has 1 aromatic carbocycles. The van der Waals surface area contributed by atoms with Crippen LogP contribution in [0.4, 0.5) is 11.4 Å². The van der Waals surface area contributed by atoms with E-state index in [1.807, 2.05) is 31.2 Å². The Morgan fingerprint density at radius 3 is 2.95 bits per heavy atom. The average molecular weight is 284 g/mol. The minimum atomic E-state index is -0.369. The summed E-state index contributed by atoms with van der Waals surface area (Å²) in [5.74, 6) is 0.0851. The first-order valence-corrected chi connectivity index (χ1v) is 7.15. The van der Waals surface area contributed by atoms with E-state index < -0.39 is 0 Å². The van der Waals surface area contributed by atoms with Gasteiger partial charge in [0.1, 0.15) is 0 Å². The molecule has 1 aliphatic heterocycles. The third kappa shape index (κ3) is 2.18. The number of anilines is 2. The molecule has 0 aliphatic carbocycles. The molecular weight excluding hydrogens is 264 g/mol. The van der Waals surface area contributed by atoms with Crippen molar-refractivity contribution in [2.45, 2.75) is 13.3 Å². The summed E-state index contributed by atoms with van der Waals surface area (Å²) in [7, 11) is 1.69. The van der Waals surface area contributed by atoms with Gasteiger partial charge < -0.3 is 16.0 Å². The Bertz CT molecular complexity index is 700. The maximum absolute atomic E-state index is 12.1. The van der Waals surface area contributed by atoms with Gasteiger partial charge in [-0.1, -0.05) is 18.2 Å². The molecule has 2 heterocycles. The number of hydrogen-bond acceptors (Lipinski definition) is 4. The molecule has 1 unspecified atom stereocenters. The van der Waals surface area contributed by atoms with Crippen LogP contribution >= 0.6 is 0 Å². The van der Waals surface area contributed by atoms with Gasteiger partial charge in [0.25, 0.3) is 0 Å². The molecule has 0 bridgehead atoms. The molecular formula is C16H20N4O. The number of carbonyl (C=O) groups excluding carboxylic acids is 1.